The van der Waals surface area contributed by atoms with E-state index in [1.165, 1.54) is 5.56 Å². The third-order valence-electron chi connectivity index (χ3n) is 3.55. The first-order valence-electron chi connectivity index (χ1n) is 6.47. The highest BCUT2D eigenvalue weighted by atomic mass is 16.5. The molecule has 2 heteroatoms. The number of rotatable bonds is 5. The van der Waals surface area contributed by atoms with Gasteiger partial charge in [-0.1, -0.05) is 30.3 Å². The molecule has 0 radical (unpaired) electrons. The number of aldehydes is 1. The van der Waals surface area contributed by atoms with Gasteiger partial charge in [-0.3, -0.25) is 0 Å². The summed E-state index contributed by atoms with van der Waals surface area (Å²) in [5.41, 5.74) is 1.24. The van der Waals surface area contributed by atoms with Gasteiger partial charge in [-0.15, -0.1) is 0 Å². The number of hydrogen-bond acceptors (Lipinski definition) is 2. The molecular weight excluding hydrogens is 212 g/mol. The van der Waals surface area contributed by atoms with Gasteiger partial charge in [0.2, 0.25) is 0 Å². The van der Waals surface area contributed by atoms with Crippen molar-refractivity contribution in [2.24, 2.45) is 5.92 Å². The van der Waals surface area contributed by atoms with Crippen molar-refractivity contribution in [3.63, 3.8) is 0 Å². The Kier molecular flexibility index (Phi) is 4.75. The molecule has 1 aliphatic rings. The molecule has 92 valence electrons. The van der Waals surface area contributed by atoms with E-state index in [0.717, 1.165) is 38.4 Å². The summed E-state index contributed by atoms with van der Waals surface area (Å²) in [6, 6.07) is 10.3. The van der Waals surface area contributed by atoms with Gasteiger partial charge in [0.15, 0.2) is 0 Å². The Bertz CT molecular complexity index is 326. The molecule has 17 heavy (non-hydrogen) atoms. The van der Waals surface area contributed by atoms with Gasteiger partial charge in [0.25, 0.3) is 0 Å². The third kappa shape index (κ3) is 3.97. The van der Waals surface area contributed by atoms with Crippen molar-refractivity contribution in [2.45, 2.75) is 44.8 Å². The van der Waals surface area contributed by atoms with E-state index in [0.29, 0.717) is 18.6 Å². The van der Waals surface area contributed by atoms with Crippen molar-refractivity contribution in [3.8, 4) is 0 Å². The van der Waals surface area contributed by atoms with Gasteiger partial charge in [-0.25, -0.2) is 0 Å². The molecule has 0 atom stereocenters. The fraction of sp³-hybridized carbons (Fsp3) is 0.533. The van der Waals surface area contributed by atoms with Crippen LogP contribution in [-0.2, 0) is 16.1 Å². The van der Waals surface area contributed by atoms with Crippen LogP contribution >= 0.6 is 0 Å². The predicted molar refractivity (Wildman–Crippen MR) is 67.7 cm³/mol. The number of carbonyl (C=O) groups is 1. The van der Waals surface area contributed by atoms with E-state index in [1.54, 1.807) is 0 Å². The van der Waals surface area contributed by atoms with Gasteiger partial charge >= 0.3 is 0 Å². The fourth-order valence-corrected chi connectivity index (χ4v) is 2.46. The highest BCUT2D eigenvalue weighted by Crippen LogP contribution is 2.28. The minimum Gasteiger partial charge on any atom is -0.374 e. The normalized spacial score (nSPS) is 24.5. The summed E-state index contributed by atoms with van der Waals surface area (Å²) in [6.45, 7) is 0.712. The fourth-order valence-electron chi connectivity index (χ4n) is 2.46. The summed E-state index contributed by atoms with van der Waals surface area (Å²) in [5.74, 6) is 0.601. The van der Waals surface area contributed by atoms with Crippen molar-refractivity contribution in [3.05, 3.63) is 35.9 Å². The van der Waals surface area contributed by atoms with E-state index in [1.807, 2.05) is 18.2 Å². The van der Waals surface area contributed by atoms with Crippen molar-refractivity contribution in [1.29, 1.82) is 0 Å². The van der Waals surface area contributed by atoms with Gasteiger partial charge in [-0.2, -0.15) is 0 Å². The van der Waals surface area contributed by atoms with Crippen LogP contribution in [-0.4, -0.2) is 12.4 Å². The molecule has 0 aromatic heterocycles. The van der Waals surface area contributed by atoms with E-state index in [-0.39, 0.29) is 0 Å². The minimum absolute atomic E-state index is 0.387. The Balaban J connectivity index is 1.70. The van der Waals surface area contributed by atoms with Crippen LogP contribution < -0.4 is 0 Å². The maximum absolute atomic E-state index is 10.4. The molecule has 2 nitrogen and oxygen atoms in total. The summed E-state index contributed by atoms with van der Waals surface area (Å²) in [7, 11) is 0. The zero-order valence-electron chi connectivity index (χ0n) is 10.2. The second-order valence-electron chi connectivity index (χ2n) is 4.84. The standard InChI is InChI=1S/C15H20O2/c16-11-10-13-6-8-15(9-7-13)17-12-14-4-2-1-3-5-14/h1-5,11,13,15H,6-10,12H2/t13-,15-. The van der Waals surface area contributed by atoms with Crippen molar-refractivity contribution < 1.29 is 9.53 Å². The third-order valence-corrected chi connectivity index (χ3v) is 3.55. The first-order chi connectivity index (χ1) is 8.38. The highest BCUT2D eigenvalue weighted by Gasteiger charge is 2.21. The van der Waals surface area contributed by atoms with Crippen molar-refractivity contribution in [1.82, 2.24) is 0 Å². The van der Waals surface area contributed by atoms with Crippen molar-refractivity contribution >= 4 is 6.29 Å². The predicted octanol–water partition coefficient (Wildman–Crippen LogP) is 3.35. The largest absolute Gasteiger partial charge is 0.374 e. The first-order valence-corrected chi connectivity index (χ1v) is 6.47. The smallest absolute Gasteiger partial charge is 0.120 e. The molecule has 0 saturated heterocycles. The topological polar surface area (TPSA) is 26.3 Å². The number of ether oxygens (including phenoxy) is 1. The van der Waals surface area contributed by atoms with Crippen LogP contribution in [0.5, 0.6) is 0 Å². The Morgan fingerprint density at radius 3 is 2.47 bits per heavy atom. The SMILES string of the molecule is O=CC[C@H]1CC[C@H](OCc2ccccc2)CC1. The second kappa shape index (κ2) is 6.55. The molecule has 0 aliphatic heterocycles. The quantitative estimate of drug-likeness (QED) is 0.728. The van der Waals surface area contributed by atoms with E-state index in [4.69, 9.17) is 4.74 Å². The van der Waals surface area contributed by atoms with E-state index in [2.05, 4.69) is 12.1 Å². The molecule has 0 N–H and O–H groups in total. The molecule has 0 heterocycles. The van der Waals surface area contributed by atoms with Crippen LogP contribution in [0.1, 0.15) is 37.7 Å². The van der Waals surface area contributed by atoms with Gasteiger partial charge in [0.05, 0.1) is 12.7 Å². The Hall–Kier alpha value is -1.15. The molecule has 0 amide bonds. The molecule has 0 spiro atoms. The summed E-state index contributed by atoms with van der Waals surface area (Å²) in [6.07, 6.45) is 6.65. The van der Waals surface area contributed by atoms with Crippen molar-refractivity contribution in [2.75, 3.05) is 0 Å². The maximum Gasteiger partial charge on any atom is 0.120 e. The average Bonchev–Trinajstić information content (AvgIpc) is 2.40. The number of benzene rings is 1. The number of hydrogen-bond donors (Lipinski definition) is 0. The summed E-state index contributed by atoms with van der Waals surface area (Å²) in [4.78, 5) is 10.4. The minimum atomic E-state index is 0.387. The first kappa shape index (κ1) is 12.3. The van der Waals surface area contributed by atoms with Crippen LogP contribution in [0.25, 0.3) is 0 Å². The maximum atomic E-state index is 10.4. The zero-order chi connectivity index (χ0) is 11.9. The average molecular weight is 232 g/mol. The highest BCUT2D eigenvalue weighted by molar-refractivity contribution is 5.49. The van der Waals surface area contributed by atoms with Gasteiger partial charge in [-0.05, 0) is 37.2 Å². The van der Waals surface area contributed by atoms with Crippen LogP contribution in [0.3, 0.4) is 0 Å². The van der Waals surface area contributed by atoms with E-state index >= 15 is 0 Å². The van der Waals surface area contributed by atoms with Gasteiger partial charge in [0, 0.05) is 6.42 Å². The van der Waals surface area contributed by atoms with Crippen LogP contribution in [0, 0.1) is 5.92 Å². The number of carbonyl (C=O) groups excluding carboxylic acids is 1. The summed E-state index contributed by atoms with van der Waals surface area (Å²) < 4.78 is 5.91. The zero-order valence-corrected chi connectivity index (χ0v) is 10.2. The molecule has 1 aromatic carbocycles. The van der Waals surface area contributed by atoms with Gasteiger partial charge in [0.1, 0.15) is 6.29 Å². The molecular formula is C15H20O2. The Labute approximate surface area is 103 Å². The lowest BCUT2D eigenvalue weighted by Crippen LogP contribution is -2.21. The Morgan fingerprint density at radius 1 is 1.12 bits per heavy atom. The van der Waals surface area contributed by atoms with Crippen LogP contribution in [0.4, 0.5) is 0 Å². The lowest BCUT2D eigenvalue weighted by molar-refractivity contribution is -0.109. The molecule has 0 unspecified atom stereocenters. The molecule has 1 aromatic rings. The van der Waals surface area contributed by atoms with Crippen LogP contribution in [0.15, 0.2) is 30.3 Å². The molecule has 1 fully saturated rings. The van der Waals surface area contributed by atoms with E-state index in [9.17, 15) is 4.79 Å². The molecule has 0 bridgehead atoms. The lowest BCUT2D eigenvalue weighted by atomic mass is 9.86. The van der Waals surface area contributed by atoms with Gasteiger partial charge < -0.3 is 9.53 Å². The summed E-state index contributed by atoms with van der Waals surface area (Å²) >= 11 is 0. The molecule has 2 rings (SSSR count). The molecule has 1 aliphatic carbocycles. The summed E-state index contributed by atoms with van der Waals surface area (Å²) in [5, 5.41) is 0. The lowest BCUT2D eigenvalue weighted by Gasteiger charge is -2.27. The van der Waals surface area contributed by atoms with Crippen LogP contribution in [0.2, 0.25) is 0 Å². The Morgan fingerprint density at radius 2 is 1.82 bits per heavy atom. The monoisotopic (exact) mass is 232 g/mol. The molecule has 1 saturated carbocycles. The second-order valence-corrected chi connectivity index (χ2v) is 4.84. The van der Waals surface area contributed by atoms with E-state index < -0.39 is 0 Å².